The quantitative estimate of drug-likeness (QED) is 0.439. The molecule has 0 aromatic carbocycles. The first-order valence-corrected chi connectivity index (χ1v) is 16.1. The van der Waals surface area contributed by atoms with Crippen LogP contribution in [0.2, 0.25) is 44.8 Å². The molecule has 0 rings (SSSR count). The first kappa shape index (κ1) is 21.5. The highest BCUT2D eigenvalue weighted by Gasteiger charge is 2.32. The minimum Gasteiger partial charge on any atom is -0.439 e. The van der Waals surface area contributed by atoms with Crippen molar-refractivity contribution in [3.8, 4) is 0 Å². The second-order valence-corrected chi connectivity index (χ2v) is 19.7. The van der Waals surface area contributed by atoms with E-state index in [1.807, 2.05) is 0 Å². The normalized spacial score (nSPS) is 16.3. The van der Waals surface area contributed by atoms with Crippen LogP contribution < -0.4 is 0 Å². The molecule has 0 amide bonds. The van der Waals surface area contributed by atoms with E-state index >= 15 is 0 Å². The summed E-state index contributed by atoms with van der Waals surface area (Å²) in [6.45, 7) is 15.8. The fourth-order valence-electron chi connectivity index (χ4n) is 1.63. The van der Waals surface area contributed by atoms with Gasteiger partial charge in [0.2, 0.25) is 0 Å². The van der Waals surface area contributed by atoms with E-state index in [0.29, 0.717) is 12.1 Å². The van der Waals surface area contributed by atoms with Gasteiger partial charge in [-0.05, 0) is 51.2 Å². The maximum absolute atomic E-state index is 9.23. The highest BCUT2D eigenvalue weighted by molar-refractivity contribution is 6.81. The summed E-state index contributed by atoms with van der Waals surface area (Å²) < 4.78 is 18.0. The number of aliphatic hydroxyl groups excluding tert-OH is 2. The number of hydrogen-bond donors (Lipinski definition) is 2. The van der Waals surface area contributed by atoms with Gasteiger partial charge in [-0.1, -0.05) is 6.92 Å². The summed E-state index contributed by atoms with van der Waals surface area (Å²) in [4.78, 5) is 0. The predicted molar refractivity (Wildman–Crippen MR) is 94.0 cm³/mol. The van der Waals surface area contributed by atoms with Gasteiger partial charge in [0.15, 0.2) is 16.6 Å². The smallest absolute Gasteiger partial charge is 0.303 e. The lowest BCUT2D eigenvalue weighted by Crippen LogP contribution is -2.45. The van der Waals surface area contributed by atoms with Gasteiger partial charge >= 0.3 is 9.28 Å². The van der Waals surface area contributed by atoms with Crippen LogP contribution in [0.5, 0.6) is 0 Å². The summed E-state index contributed by atoms with van der Waals surface area (Å²) in [5, 5.41) is 18.0. The Labute approximate surface area is 133 Å². The van der Waals surface area contributed by atoms with Gasteiger partial charge in [-0.15, -0.1) is 0 Å². The van der Waals surface area contributed by atoms with Crippen LogP contribution in [0.1, 0.15) is 13.3 Å². The molecule has 0 aliphatic carbocycles. The Morgan fingerprint density at radius 3 is 1.86 bits per heavy atom. The molecule has 21 heavy (non-hydrogen) atoms. The fraction of sp³-hybridized carbons (Fsp3) is 1.00. The zero-order valence-electron chi connectivity index (χ0n) is 14.7. The second kappa shape index (κ2) is 9.56. The molecule has 0 spiro atoms. The molecular formula is C13H34O5Si3. The molecule has 0 bridgehead atoms. The molecule has 128 valence electrons. The van der Waals surface area contributed by atoms with Crippen molar-refractivity contribution >= 4 is 25.9 Å². The maximum Gasteiger partial charge on any atom is 0.303 e. The SMILES string of the molecule is CC(CCOCC(O)CO)[SiH](O[Si](C)(C)C)O[Si](C)(C)C. The molecule has 0 saturated heterocycles. The zero-order valence-corrected chi connectivity index (χ0v) is 17.8. The van der Waals surface area contributed by atoms with Gasteiger partial charge in [-0.25, -0.2) is 0 Å². The number of rotatable bonds is 11. The van der Waals surface area contributed by atoms with Crippen LogP contribution in [-0.2, 0) is 13.0 Å². The van der Waals surface area contributed by atoms with Crippen molar-refractivity contribution in [3.05, 3.63) is 0 Å². The van der Waals surface area contributed by atoms with Crippen molar-refractivity contribution < 1.29 is 23.2 Å². The lowest BCUT2D eigenvalue weighted by Gasteiger charge is -2.34. The molecule has 2 unspecified atom stereocenters. The summed E-state index contributed by atoms with van der Waals surface area (Å²) >= 11 is 0. The Bertz CT molecular complexity index is 262. The molecule has 0 aliphatic heterocycles. The zero-order chi connectivity index (χ0) is 16.7. The number of aliphatic hydroxyl groups is 2. The molecule has 0 fully saturated rings. The van der Waals surface area contributed by atoms with Crippen molar-refractivity contribution in [2.45, 2.75) is 64.3 Å². The van der Waals surface area contributed by atoms with Gasteiger partial charge < -0.3 is 23.2 Å². The second-order valence-electron chi connectivity index (χ2n) is 7.51. The Hall–Kier alpha value is 0.451. The summed E-state index contributed by atoms with van der Waals surface area (Å²) in [7, 11) is -4.94. The average molecular weight is 355 g/mol. The highest BCUT2D eigenvalue weighted by Crippen LogP contribution is 2.23. The molecule has 0 heterocycles. The van der Waals surface area contributed by atoms with Crippen LogP contribution in [0.4, 0.5) is 0 Å². The van der Waals surface area contributed by atoms with E-state index in [9.17, 15) is 5.11 Å². The monoisotopic (exact) mass is 354 g/mol. The van der Waals surface area contributed by atoms with Gasteiger partial charge in [0, 0.05) is 6.61 Å². The summed E-state index contributed by atoms with van der Waals surface area (Å²) in [5.74, 6) is 0. The van der Waals surface area contributed by atoms with Crippen molar-refractivity contribution in [3.63, 3.8) is 0 Å². The number of ether oxygens (including phenoxy) is 1. The minimum atomic E-state index is -1.72. The van der Waals surface area contributed by atoms with Crippen LogP contribution in [0.15, 0.2) is 0 Å². The van der Waals surface area contributed by atoms with Crippen LogP contribution in [0.25, 0.3) is 0 Å². The van der Waals surface area contributed by atoms with Crippen molar-refractivity contribution in [1.82, 2.24) is 0 Å². The summed E-state index contributed by atoms with van der Waals surface area (Å²) in [5.41, 5.74) is 0.370. The highest BCUT2D eigenvalue weighted by atomic mass is 28.4. The predicted octanol–water partition coefficient (Wildman–Crippen LogP) is 2.06. The fourth-order valence-corrected chi connectivity index (χ4v) is 10.1. The van der Waals surface area contributed by atoms with Crippen LogP contribution in [-0.4, -0.2) is 62.1 Å². The topological polar surface area (TPSA) is 68.2 Å². The standard InChI is InChI=1S/C13H34O5Si3/c1-12(8-9-16-11-13(15)10-14)19(17-20(2,3)4)18-21(5,6)7/h12-15,19H,8-11H2,1-7H3. The molecule has 2 N–H and O–H groups in total. The first-order chi connectivity index (χ1) is 9.44. The van der Waals surface area contributed by atoms with Gasteiger partial charge in [0.1, 0.15) is 6.10 Å². The Morgan fingerprint density at radius 2 is 1.48 bits per heavy atom. The van der Waals surface area contributed by atoms with Gasteiger partial charge in [-0.2, -0.15) is 0 Å². The molecule has 2 atom stereocenters. The van der Waals surface area contributed by atoms with E-state index in [-0.39, 0.29) is 13.2 Å². The molecule has 0 aromatic heterocycles. The van der Waals surface area contributed by atoms with Crippen molar-refractivity contribution in [2.24, 2.45) is 0 Å². The van der Waals surface area contributed by atoms with Gasteiger partial charge in [0.25, 0.3) is 0 Å². The summed E-state index contributed by atoms with van der Waals surface area (Å²) in [6, 6.07) is 0. The van der Waals surface area contributed by atoms with Gasteiger partial charge in [-0.3, -0.25) is 0 Å². The van der Waals surface area contributed by atoms with Crippen molar-refractivity contribution in [2.75, 3.05) is 19.8 Å². The van der Waals surface area contributed by atoms with Gasteiger partial charge in [0.05, 0.1) is 13.2 Å². The van der Waals surface area contributed by atoms with E-state index in [1.54, 1.807) is 0 Å². The van der Waals surface area contributed by atoms with Crippen LogP contribution >= 0.6 is 0 Å². The lowest BCUT2D eigenvalue weighted by molar-refractivity contribution is 0.00525. The molecule has 8 heteroatoms. The lowest BCUT2D eigenvalue weighted by atomic mass is 10.3. The molecule has 5 nitrogen and oxygen atoms in total. The Kier molecular flexibility index (Phi) is 9.76. The Balaban J connectivity index is 4.34. The van der Waals surface area contributed by atoms with Crippen LogP contribution in [0.3, 0.4) is 0 Å². The molecule has 0 aromatic rings. The van der Waals surface area contributed by atoms with E-state index in [2.05, 4.69) is 46.2 Å². The molecule has 0 saturated carbocycles. The Morgan fingerprint density at radius 1 is 1.00 bits per heavy atom. The van der Waals surface area contributed by atoms with Crippen LogP contribution in [0, 0.1) is 0 Å². The van der Waals surface area contributed by atoms with Crippen molar-refractivity contribution in [1.29, 1.82) is 0 Å². The molecule has 0 radical (unpaired) electrons. The van der Waals surface area contributed by atoms with E-state index in [0.717, 1.165) is 6.42 Å². The van der Waals surface area contributed by atoms with E-state index in [1.165, 1.54) is 0 Å². The molecule has 0 aliphatic rings. The average Bonchev–Trinajstić information content (AvgIpc) is 2.29. The third-order valence-electron chi connectivity index (χ3n) is 2.64. The third-order valence-corrected chi connectivity index (χ3v) is 11.4. The molecular weight excluding hydrogens is 320 g/mol. The third kappa shape index (κ3) is 12.7. The summed E-state index contributed by atoms with van der Waals surface area (Å²) in [6.07, 6.45) is 0.0779. The van der Waals surface area contributed by atoms with E-state index < -0.39 is 32.0 Å². The first-order valence-electron chi connectivity index (χ1n) is 7.67. The largest absolute Gasteiger partial charge is 0.439 e. The number of hydrogen-bond acceptors (Lipinski definition) is 5. The minimum absolute atomic E-state index is 0.180. The maximum atomic E-state index is 9.23. The van der Waals surface area contributed by atoms with E-state index in [4.69, 9.17) is 18.1 Å².